The zero-order valence-corrected chi connectivity index (χ0v) is 18.6. The molecule has 3 rings (SSSR count). The van der Waals surface area contributed by atoms with E-state index in [1.807, 2.05) is 4.90 Å². The summed E-state index contributed by atoms with van der Waals surface area (Å²) in [7, 11) is 0. The van der Waals surface area contributed by atoms with Crippen LogP contribution in [-0.4, -0.2) is 47.3 Å². The monoisotopic (exact) mass is 404 g/mol. The fourth-order valence-electron chi connectivity index (χ4n) is 4.92. The Bertz CT molecular complexity index is 663. The van der Waals surface area contributed by atoms with Crippen molar-refractivity contribution in [2.24, 2.45) is 5.92 Å². The molecule has 2 fully saturated rings. The molecule has 0 spiro atoms. The number of nitrogens with zero attached hydrogens (tertiary/aromatic N) is 2. The lowest BCUT2D eigenvalue weighted by Crippen LogP contribution is -2.45. The number of carbonyl (C=O) groups excluding carboxylic acids is 2. The molecule has 2 atom stereocenters. The smallest absolute Gasteiger partial charge is 0.254 e. The molecule has 5 heteroatoms. The van der Waals surface area contributed by atoms with Crippen LogP contribution in [0.5, 0.6) is 0 Å². The van der Waals surface area contributed by atoms with Gasteiger partial charge in [-0.3, -0.25) is 9.59 Å². The van der Waals surface area contributed by atoms with E-state index in [2.05, 4.69) is 37.1 Å². The Morgan fingerprint density at radius 1 is 1.14 bits per heavy atom. The van der Waals surface area contributed by atoms with Gasteiger partial charge in [-0.15, -0.1) is 11.3 Å². The van der Waals surface area contributed by atoms with Crippen molar-refractivity contribution in [2.45, 2.75) is 84.1 Å². The van der Waals surface area contributed by atoms with Gasteiger partial charge in [-0.25, -0.2) is 0 Å². The van der Waals surface area contributed by atoms with Crippen LogP contribution in [0, 0.1) is 5.92 Å². The van der Waals surface area contributed by atoms with Crippen LogP contribution in [0.25, 0.3) is 0 Å². The van der Waals surface area contributed by atoms with E-state index in [1.54, 1.807) is 11.3 Å². The first-order valence-electron chi connectivity index (χ1n) is 11.2. The molecule has 0 bridgehead atoms. The van der Waals surface area contributed by atoms with Gasteiger partial charge in [-0.2, -0.15) is 0 Å². The van der Waals surface area contributed by atoms with Gasteiger partial charge in [0.25, 0.3) is 5.91 Å². The van der Waals surface area contributed by atoms with Crippen LogP contribution in [0.1, 0.15) is 93.3 Å². The Hall–Kier alpha value is -1.36. The van der Waals surface area contributed by atoms with E-state index in [-0.39, 0.29) is 5.91 Å². The molecular formula is C23H36N2O2S. The van der Waals surface area contributed by atoms with Crippen molar-refractivity contribution in [3.63, 3.8) is 0 Å². The number of likely N-dealkylation sites (tertiary alicyclic amines) is 1. The Kier molecular flexibility index (Phi) is 7.55. The third-order valence-corrected chi connectivity index (χ3v) is 7.74. The summed E-state index contributed by atoms with van der Waals surface area (Å²) < 4.78 is 0. The SMILES string of the molecule is CCCC(=O)N1CCC(c2cc(C(=O)N(CC)C3CCCCC3C)cs2)CC1. The van der Waals surface area contributed by atoms with Gasteiger partial charge in [0.05, 0.1) is 5.56 Å². The van der Waals surface area contributed by atoms with E-state index in [1.165, 1.54) is 24.1 Å². The van der Waals surface area contributed by atoms with Crippen LogP contribution < -0.4 is 0 Å². The molecule has 156 valence electrons. The van der Waals surface area contributed by atoms with Crippen molar-refractivity contribution in [1.29, 1.82) is 0 Å². The lowest BCUT2D eigenvalue weighted by atomic mass is 9.84. The van der Waals surface area contributed by atoms with Crippen LogP contribution in [0.4, 0.5) is 0 Å². The Labute approximate surface area is 174 Å². The van der Waals surface area contributed by atoms with E-state index in [0.29, 0.717) is 30.2 Å². The summed E-state index contributed by atoms with van der Waals surface area (Å²) in [5.74, 6) is 1.59. The van der Waals surface area contributed by atoms with Crippen LogP contribution in [-0.2, 0) is 4.79 Å². The molecular weight excluding hydrogens is 368 g/mol. The van der Waals surface area contributed by atoms with Gasteiger partial charge >= 0.3 is 0 Å². The molecule has 1 aliphatic carbocycles. The highest BCUT2D eigenvalue weighted by Gasteiger charge is 2.31. The first-order valence-corrected chi connectivity index (χ1v) is 12.1. The van der Waals surface area contributed by atoms with Crippen molar-refractivity contribution in [1.82, 2.24) is 9.80 Å². The van der Waals surface area contributed by atoms with Gasteiger partial charge in [0.2, 0.25) is 5.91 Å². The molecule has 0 N–H and O–H groups in total. The molecule has 2 amide bonds. The molecule has 1 aliphatic heterocycles. The van der Waals surface area contributed by atoms with Crippen LogP contribution in [0.15, 0.2) is 11.4 Å². The molecule has 2 unspecified atom stereocenters. The average Bonchev–Trinajstić information content (AvgIpc) is 3.20. The van der Waals surface area contributed by atoms with Crippen molar-refractivity contribution >= 4 is 23.2 Å². The number of amides is 2. The highest BCUT2D eigenvalue weighted by atomic mass is 32.1. The van der Waals surface area contributed by atoms with E-state index in [9.17, 15) is 9.59 Å². The summed E-state index contributed by atoms with van der Waals surface area (Å²) in [5, 5.41) is 2.06. The summed E-state index contributed by atoms with van der Waals surface area (Å²) in [5.41, 5.74) is 0.865. The maximum absolute atomic E-state index is 13.2. The number of carbonyl (C=O) groups is 2. The molecule has 2 heterocycles. The number of hydrogen-bond acceptors (Lipinski definition) is 3. The number of thiophene rings is 1. The average molecular weight is 405 g/mol. The van der Waals surface area contributed by atoms with E-state index >= 15 is 0 Å². The number of rotatable bonds is 6. The molecule has 0 radical (unpaired) electrons. The molecule has 0 aromatic carbocycles. The Morgan fingerprint density at radius 3 is 2.50 bits per heavy atom. The van der Waals surface area contributed by atoms with Gasteiger partial charge < -0.3 is 9.80 Å². The zero-order chi connectivity index (χ0) is 20.1. The van der Waals surface area contributed by atoms with Crippen molar-refractivity contribution in [3.05, 3.63) is 21.9 Å². The normalized spacial score (nSPS) is 23.6. The van der Waals surface area contributed by atoms with E-state index in [0.717, 1.165) is 50.9 Å². The predicted molar refractivity (Wildman–Crippen MR) is 116 cm³/mol. The zero-order valence-electron chi connectivity index (χ0n) is 17.8. The number of piperidine rings is 1. The second-order valence-electron chi connectivity index (χ2n) is 8.56. The third kappa shape index (κ3) is 4.79. The van der Waals surface area contributed by atoms with E-state index < -0.39 is 0 Å². The summed E-state index contributed by atoms with van der Waals surface area (Å²) >= 11 is 1.73. The van der Waals surface area contributed by atoms with Crippen LogP contribution >= 0.6 is 11.3 Å². The van der Waals surface area contributed by atoms with Gasteiger partial charge in [0.1, 0.15) is 0 Å². The summed E-state index contributed by atoms with van der Waals surface area (Å²) in [6.45, 7) is 8.96. The first-order chi connectivity index (χ1) is 13.5. The molecule has 1 saturated carbocycles. The topological polar surface area (TPSA) is 40.6 Å². The molecule has 1 saturated heterocycles. The number of hydrogen-bond donors (Lipinski definition) is 0. The van der Waals surface area contributed by atoms with Gasteiger partial charge in [-0.1, -0.05) is 26.7 Å². The van der Waals surface area contributed by atoms with Crippen molar-refractivity contribution in [3.8, 4) is 0 Å². The molecule has 1 aromatic heterocycles. The summed E-state index contributed by atoms with van der Waals surface area (Å²) in [6, 6.07) is 2.53. The standard InChI is InChI=1S/C23H36N2O2S/c1-4-8-22(26)24-13-11-18(12-14-24)21-15-19(16-28-21)23(27)25(5-2)20-10-7-6-9-17(20)3/h15-18,20H,4-14H2,1-3H3. The quantitative estimate of drug-likeness (QED) is 0.646. The highest BCUT2D eigenvalue weighted by Crippen LogP contribution is 2.34. The third-order valence-electron chi connectivity index (χ3n) is 6.65. The molecule has 2 aliphatic rings. The Balaban J connectivity index is 1.62. The maximum Gasteiger partial charge on any atom is 0.254 e. The minimum Gasteiger partial charge on any atom is -0.343 e. The second kappa shape index (κ2) is 9.91. The summed E-state index contributed by atoms with van der Waals surface area (Å²) in [6.07, 6.45) is 8.52. The molecule has 28 heavy (non-hydrogen) atoms. The molecule has 1 aromatic rings. The lowest BCUT2D eigenvalue weighted by Gasteiger charge is -2.38. The van der Waals surface area contributed by atoms with Crippen LogP contribution in [0.2, 0.25) is 0 Å². The van der Waals surface area contributed by atoms with Crippen molar-refractivity contribution in [2.75, 3.05) is 19.6 Å². The fourth-order valence-corrected chi connectivity index (χ4v) is 5.97. The van der Waals surface area contributed by atoms with Gasteiger partial charge in [-0.05, 0) is 56.9 Å². The predicted octanol–water partition coefficient (Wildman–Crippen LogP) is 5.30. The lowest BCUT2D eigenvalue weighted by molar-refractivity contribution is -0.132. The largest absolute Gasteiger partial charge is 0.343 e. The van der Waals surface area contributed by atoms with Crippen LogP contribution in [0.3, 0.4) is 0 Å². The second-order valence-corrected chi connectivity index (χ2v) is 9.51. The van der Waals surface area contributed by atoms with Crippen molar-refractivity contribution < 1.29 is 9.59 Å². The minimum absolute atomic E-state index is 0.208. The maximum atomic E-state index is 13.2. The van der Waals surface area contributed by atoms with Gasteiger partial charge in [0.15, 0.2) is 0 Å². The Morgan fingerprint density at radius 2 is 1.86 bits per heavy atom. The van der Waals surface area contributed by atoms with E-state index in [4.69, 9.17) is 0 Å². The summed E-state index contributed by atoms with van der Waals surface area (Å²) in [4.78, 5) is 30.8. The minimum atomic E-state index is 0.208. The highest BCUT2D eigenvalue weighted by molar-refractivity contribution is 7.10. The molecule has 4 nitrogen and oxygen atoms in total. The first kappa shape index (κ1) is 21.4. The fraction of sp³-hybridized carbons (Fsp3) is 0.739. The van der Waals surface area contributed by atoms with Gasteiger partial charge in [0, 0.05) is 42.4 Å².